The van der Waals surface area contributed by atoms with Gasteiger partial charge in [0.1, 0.15) is 5.82 Å². The SMILES string of the molecule is Fc1cccc(-c2nc(-c3cccs3)no2)c1. The molecule has 5 heteroatoms. The maximum Gasteiger partial charge on any atom is 0.258 e. The van der Waals surface area contributed by atoms with E-state index in [1.165, 1.54) is 23.5 Å². The lowest BCUT2D eigenvalue weighted by Crippen LogP contribution is -1.80. The number of rotatable bonds is 2. The fraction of sp³-hybridized carbons (Fsp3) is 0. The summed E-state index contributed by atoms with van der Waals surface area (Å²) in [6.45, 7) is 0. The van der Waals surface area contributed by atoms with Gasteiger partial charge in [0.05, 0.1) is 4.88 Å². The van der Waals surface area contributed by atoms with Crippen LogP contribution in [0.25, 0.3) is 22.2 Å². The fourth-order valence-electron chi connectivity index (χ4n) is 1.47. The van der Waals surface area contributed by atoms with Gasteiger partial charge < -0.3 is 4.52 Å². The van der Waals surface area contributed by atoms with Crippen molar-refractivity contribution in [3.63, 3.8) is 0 Å². The predicted molar refractivity (Wildman–Crippen MR) is 63.0 cm³/mol. The first-order valence-corrected chi connectivity index (χ1v) is 5.84. The standard InChI is InChI=1S/C12H7FN2OS/c13-9-4-1-3-8(7-9)12-14-11(15-16-12)10-5-2-6-17-10/h1-7H. The lowest BCUT2D eigenvalue weighted by Gasteiger charge is -1.92. The Morgan fingerprint density at radius 3 is 2.88 bits per heavy atom. The number of thiophene rings is 1. The maximum atomic E-state index is 13.0. The summed E-state index contributed by atoms with van der Waals surface area (Å²) in [7, 11) is 0. The zero-order chi connectivity index (χ0) is 11.7. The lowest BCUT2D eigenvalue weighted by atomic mass is 10.2. The summed E-state index contributed by atoms with van der Waals surface area (Å²) in [5, 5.41) is 5.80. The van der Waals surface area contributed by atoms with E-state index in [0.29, 0.717) is 17.3 Å². The highest BCUT2D eigenvalue weighted by molar-refractivity contribution is 7.13. The Bertz CT molecular complexity index is 634. The number of hydrogen-bond donors (Lipinski definition) is 0. The minimum absolute atomic E-state index is 0.321. The van der Waals surface area contributed by atoms with Crippen molar-refractivity contribution in [2.24, 2.45) is 0 Å². The third kappa shape index (κ3) is 1.97. The predicted octanol–water partition coefficient (Wildman–Crippen LogP) is 3.60. The molecule has 3 aromatic rings. The summed E-state index contributed by atoms with van der Waals surface area (Å²) in [6, 6.07) is 9.91. The second-order valence-electron chi connectivity index (χ2n) is 3.41. The topological polar surface area (TPSA) is 38.9 Å². The van der Waals surface area contributed by atoms with E-state index in [1.807, 2.05) is 17.5 Å². The number of benzene rings is 1. The molecular formula is C12H7FN2OS. The van der Waals surface area contributed by atoms with Gasteiger partial charge in [-0.1, -0.05) is 17.3 Å². The van der Waals surface area contributed by atoms with Crippen LogP contribution in [-0.2, 0) is 0 Å². The molecule has 0 N–H and O–H groups in total. The first kappa shape index (κ1) is 10.2. The second kappa shape index (κ2) is 4.10. The molecule has 3 rings (SSSR count). The summed E-state index contributed by atoms with van der Waals surface area (Å²) in [5.74, 6) is 0.533. The van der Waals surface area contributed by atoms with Gasteiger partial charge in [0, 0.05) is 5.56 Å². The molecule has 0 fully saturated rings. The zero-order valence-electron chi connectivity index (χ0n) is 8.63. The largest absolute Gasteiger partial charge is 0.334 e. The van der Waals surface area contributed by atoms with E-state index in [4.69, 9.17) is 4.52 Å². The molecule has 0 radical (unpaired) electrons. The van der Waals surface area contributed by atoms with Crippen molar-refractivity contribution in [3.8, 4) is 22.2 Å². The molecule has 84 valence electrons. The highest BCUT2D eigenvalue weighted by Crippen LogP contribution is 2.25. The van der Waals surface area contributed by atoms with Gasteiger partial charge in [-0.2, -0.15) is 4.98 Å². The summed E-state index contributed by atoms with van der Waals surface area (Å²) in [6.07, 6.45) is 0. The van der Waals surface area contributed by atoms with Crippen molar-refractivity contribution in [1.29, 1.82) is 0 Å². The van der Waals surface area contributed by atoms with Crippen LogP contribution in [0, 0.1) is 5.82 Å². The molecule has 1 aromatic carbocycles. The highest BCUT2D eigenvalue weighted by Gasteiger charge is 2.11. The monoisotopic (exact) mass is 246 g/mol. The van der Waals surface area contributed by atoms with Crippen molar-refractivity contribution in [2.75, 3.05) is 0 Å². The Kier molecular flexibility index (Phi) is 2.45. The van der Waals surface area contributed by atoms with Gasteiger partial charge in [-0.05, 0) is 29.6 Å². The Hall–Kier alpha value is -2.01. The Labute approximate surface area is 101 Å². The molecule has 2 heterocycles. The molecule has 3 nitrogen and oxygen atoms in total. The maximum absolute atomic E-state index is 13.0. The number of nitrogens with zero attached hydrogens (tertiary/aromatic N) is 2. The van der Waals surface area contributed by atoms with Gasteiger partial charge in [-0.3, -0.25) is 0 Å². The van der Waals surface area contributed by atoms with Crippen LogP contribution in [0.15, 0.2) is 46.3 Å². The van der Waals surface area contributed by atoms with Crippen LogP contribution in [-0.4, -0.2) is 10.1 Å². The van der Waals surface area contributed by atoms with Gasteiger partial charge in [-0.15, -0.1) is 11.3 Å². The molecular weight excluding hydrogens is 239 g/mol. The van der Waals surface area contributed by atoms with Gasteiger partial charge >= 0.3 is 0 Å². The Balaban J connectivity index is 2.01. The van der Waals surface area contributed by atoms with Gasteiger partial charge in [0.15, 0.2) is 0 Å². The number of halogens is 1. The smallest absolute Gasteiger partial charge is 0.258 e. The average molecular weight is 246 g/mol. The van der Waals surface area contributed by atoms with E-state index in [9.17, 15) is 4.39 Å². The molecule has 0 bridgehead atoms. The normalized spacial score (nSPS) is 10.6. The molecule has 0 saturated carbocycles. The van der Waals surface area contributed by atoms with E-state index >= 15 is 0 Å². The molecule has 0 aliphatic rings. The highest BCUT2D eigenvalue weighted by atomic mass is 32.1. The molecule has 0 aliphatic heterocycles. The van der Waals surface area contributed by atoms with Gasteiger partial charge in [0.25, 0.3) is 5.89 Å². The lowest BCUT2D eigenvalue weighted by molar-refractivity contribution is 0.432. The second-order valence-corrected chi connectivity index (χ2v) is 4.36. The Morgan fingerprint density at radius 1 is 1.18 bits per heavy atom. The minimum atomic E-state index is -0.321. The van der Waals surface area contributed by atoms with E-state index < -0.39 is 0 Å². The van der Waals surface area contributed by atoms with Crippen molar-refractivity contribution in [3.05, 3.63) is 47.6 Å². The minimum Gasteiger partial charge on any atom is -0.334 e. The summed E-state index contributed by atoms with van der Waals surface area (Å²) < 4.78 is 18.2. The first-order valence-electron chi connectivity index (χ1n) is 4.96. The zero-order valence-corrected chi connectivity index (χ0v) is 9.45. The summed E-state index contributed by atoms with van der Waals surface area (Å²) in [5.41, 5.74) is 0.584. The molecule has 17 heavy (non-hydrogen) atoms. The fourth-order valence-corrected chi connectivity index (χ4v) is 2.12. The van der Waals surface area contributed by atoms with E-state index in [2.05, 4.69) is 10.1 Å². The van der Waals surface area contributed by atoms with E-state index in [1.54, 1.807) is 12.1 Å². The van der Waals surface area contributed by atoms with Crippen molar-refractivity contribution < 1.29 is 8.91 Å². The van der Waals surface area contributed by atoms with Crippen molar-refractivity contribution in [2.45, 2.75) is 0 Å². The quantitative estimate of drug-likeness (QED) is 0.693. The van der Waals surface area contributed by atoms with Crippen LogP contribution in [0.2, 0.25) is 0 Å². The van der Waals surface area contributed by atoms with Gasteiger partial charge in [-0.25, -0.2) is 4.39 Å². The van der Waals surface area contributed by atoms with Crippen LogP contribution in [0.5, 0.6) is 0 Å². The van der Waals surface area contributed by atoms with Crippen LogP contribution in [0.1, 0.15) is 0 Å². The molecule has 0 unspecified atom stereocenters. The average Bonchev–Trinajstić information content (AvgIpc) is 3.00. The molecule has 0 aliphatic carbocycles. The van der Waals surface area contributed by atoms with E-state index in [0.717, 1.165) is 4.88 Å². The molecule has 0 saturated heterocycles. The Morgan fingerprint density at radius 2 is 2.12 bits per heavy atom. The molecule has 0 spiro atoms. The first-order chi connectivity index (χ1) is 8.33. The molecule has 0 amide bonds. The molecule has 0 atom stereocenters. The van der Waals surface area contributed by atoms with Crippen LogP contribution in [0.4, 0.5) is 4.39 Å². The van der Waals surface area contributed by atoms with Crippen molar-refractivity contribution >= 4 is 11.3 Å². The third-order valence-electron chi connectivity index (χ3n) is 2.24. The summed E-state index contributed by atoms with van der Waals surface area (Å²) >= 11 is 1.53. The number of aromatic nitrogens is 2. The van der Waals surface area contributed by atoms with Crippen LogP contribution >= 0.6 is 11.3 Å². The van der Waals surface area contributed by atoms with Crippen LogP contribution in [0.3, 0.4) is 0 Å². The third-order valence-corrected chi connectivity index (χ3v) is 3.10. The number of hydrogen-bond acceptors (Lipinski definition) is 4. The van der Waals surface area contributed by atoms with Crippen molar-refractivity contribution in [1.82, 2.24) is 10.1 Å². The van der Waals surface area contributed by atoms with Gasteiger partial charge in [0.2, 0.25) is 5.82 Å². The van der Waals surface area contributed by atoms with E-state index in [-0.39, 0.29) is 5.82 Å². The molecule has 2 aromatic heterocycles. The van der Waals surface area contributed by atoms with Crippen LogP contribution < -0.4 is 0 Å². The summed E-state index contributed by atoms with van der Waals surface area (Å²) in [4.78, 5) is 5.16.